The van der Waals surface area contributed by atoms with Crippen molar-refractivity contribution >= 4 is 11.4 Å². The van der Waals surface area contributed by atoms with Crippen LogP contribution in [0.25, 0.3) is 0 Å². The van der Waals surface area contributed by atoms with Gasteiger partial charge in [-0.3, -0.25) is 10.1 Å². The van der Waals surface area contributed by atoms with Gasteiger partial charge < -0.3 is 10.6 Å². The highest BCUT2D eigenvalue weighted by atomic mass is 19.1. The summed E-state index contributed by atoms with van der Waals surface area (Å²) in [6.07, 6.45) is 0.741. The van der Waals surface area contributed by atoms with Crippen molar-refractivity contribution in [3.8, 4) is 0 Å². The summed E-state index contributed by atoms with van der Waals surface area (Å²) in [5.74, 6) is -0.218. The Kier molecular flexibility index (Phi) is 5.23. The summed E-state index contributed by atoms with van der Waals surface area (Å²) in [4.78, 5) is 11.6. The van der Waals surface area contributed by atoms with Gasteiger partial charge in [-0.1, -0.05) is 13.8 Å². The quantitative estimate of drug-likeness (QED) is 0.636. The molecule has 0 heterocycles. The van der Waals surface area contributed by atoms with Crippen LogP contribution in [-0.4, -0.2) is 24.6 Å². The van der Waals surface area contributed by atoms with Gasteiger partial charge in [-0.15, -0.1) is 0 Å². The SMILES string of the molecule is CC(C)C(N)CCN(C)c1ccc([N+](=O)[O-])cc1F. The third-order valence-corrected chi connectivity index (χ3v) is 3.21. The van der Waals surface area contributed by atoms with Crippen molar-refractivity contribution in [2.75, 3.05) is 18.5 Å². The number of benzene rings is 1. The van der Waals surface area contributed by atoms with E-state index in [1.807, 2.05) is 13.8 Å². The van der Waals surface area contributed by atoms with Gasteiger partial charge in [-0.2, -0.15) is 0 Å². The molecule has 0 bridgehead atoms. The van der Waals surface area contributed by atoms with E-state index >= 15 is 0 Å². The molecule has 0 amide bonds. The second kappa shape index (κ2) is 6.47. The van der Waals surface area contributed by atoms with E-state index < -0.39 is 10.7 Å². The first-order valence-electron chi connectivity index (χ1n) is 6.23. The molecule has 0 saturated carbocycles. The smallest absolute Gasteiger partial charge is 0.272 e. The van der Waals surface area contributed by atoms with E-state index in [0.29, 0.717) is 18.2 Å². The third-order valence-electron chi connectivity index (χ3n) is 3.21. The molecule has 106 valence electrons. The Labute approximate surface area is 112 Å². The first kappa shape index (κ1) is 15.4. The van der Waals surface area contributed by atoms with Gasteiger partial charge in [0.15, 0.2) is 5.82 Å². The lowest BCUT2D eigenvalue weighted by atomic mass is 10.0. The molecule has 1 atom stereocenters. The van der Waals surface area contributed by atoms with E-state index in [-0.39, 0.29) is 11.7 Å². The summed E-state index contributed by atoms with van der Waals surface area (Å²) in [5.41, 5.74) is 6.04. The number of hydrogen-bond donors (Lipinski definition) is 1. The average molecular weight is 269 g/mol. The number of anilines is 1. The van der Waals surface area contributed by atoms with Crippen LogP contribution in [0.2, 0.25) is 0 Å². The number of nitro benzene ring substituents is 1. The molecule has 2 N–H and O–H groups in total. The molecular formula is C13H20FN3O2. The number of hydrogen-bond acceptors (Lipinski definition) is 4. The number of nitro groups is 1. The Bertz CT molecular complexity index is 452. The number of rotatable bonds is 6. The molecule has 6 heteroatoms. The van der Waals surface area contributed by atoms with Crippen molar-refractivity contribution in [1.82, 2.24) is 0 Å². The molecule has 1 aromatic carbocycles. The Balaban J connectivity index is 2.72. The predicted octanol–water partition coefficient (Wildman–Crippen LogP) is 2.54. The van der Waals surface area contributed by atoms with Gasteiger partial charge in [0.2, 0.25) is 0 Å². The molecule has 0 aliphatic rings. The van der Waals surface area contributed by atoms with Crippen LogP contribution in [0.3, 0.4) is 0 Å². The van der Waals surface area contributed by atoms with Gasteiger partial charge in [0, 0.05) is 25.7 Å². The van der Waals surface area contributed by atoms with Gasteiger partial charge in [0.05, 0.1) is 16.7 Å². The van der Waals surface area contributed by atoms with Gasteiger partial charge >= 0.3 is 0 Å². The third kappa shape index (κ3) is 4.17. The van der Waals surface area contributed by atoms with E-state index in [2.05, 4.69) is 0 Å². The summed E-state index contributed by atoms with van der Waals surface area (Å²) in [7, 11) is 1.75. The molecule has 1 rings (SSSR count). The maximum Gasteiger partial charge on any atom is 0.272 e. The second-order valence-corrected chi connectivity index (χ2v) is 5.01. The van der Waals surface area contributed by atoms with Crippen molar-refractivity contribution in [3.63, 3.8) is 0 Å². The van der Waals surface area contributed by atoms with Crippen molar-refractivity contribution in [1.29, 1.82) is 0 Å². The van der Waals surface area contributed by atoms with Gasteiger partial charge in [-0.25, -0.2) is 4.39 Å². The predicted molar refractivity (Wildman–Crippen MR) is 73.8 cm³/mol. The lowest BCUT2D eigenvalue weighted by molar-refractivity contribution is -0.385. The van der Waals surface area contributed by atoms with Crippen LogP contribution < -0.4 is 10.6 Å². The molecule has 19 heavy (non-hydrogen) atoms. The van der Waals surface area contributed by atoms with Crippen LogP contribution in [-0.2, 0) is 0 Å². The highest BCUT2D eigenvalue weighted by Crippen LogP contribution is 2.23. The molecule has 0 aliphatic carbocycles. The summed E-state index contributed by atoms with van der Waals surface area (Å²) < 4.78 is 13.8. The molecule has 0 aromatic heterocycles. The molecule has 1 aromatic rings. The molecular weight excluding hydrogens is 249 g/mol. The topological polar surface area (TPSA) is 72.4 Å². The molecule has 0 aliphatic heterocycles. The highest BCUT2D eigenvalue weighted by Gasteiger charge is 2.15. The molecule has 0 fully saturated rings. The highest BCUT2D eigenvalue weighted by molar-refractivity contribution is 5.51. The fourth-order valence-electron chi connectivity index (χ4n) is 1.72. The molecule has 0 saturated heterocycles. The fourth-order valence-corrected chi connectivity index (χ4v) is 1.72. The van der Waals surface area contributed by atoms with Crippen molar-refractivity contribution in [2.24, 2.45) is 11.7 Å². The monoisotopic (exact) mass is 269 g/mol. The zero-order valence-corrected chi connectivity index (χ0v) is 11.5. The zero-order chi connectivity index (χ0) is 14.6. The van der Waals surface area contributed by atoms with E-state index in [0.717, 1.165) is 12.5 Å². The van der Waals surface area contributed by atoms with Gasteiger partial charge in [-0.05, 0) is 18.4 Å². The first-order chi connectivity index (χ1) is 8.82. The van der Waals surface area contributed by atoms with E-state index in [9.17, 15) is 14.5 Å². The van der Waals surface area contributed by atoms with Gasteiger partial charge in [0.1, 0.15) is 0 Å². The number of nitrogens with two attached hydrogens (primary N) is 1. The van der Waals surface area contributed by atoms with Crippen molar-refractivity contribution < 1.29 is 9.31 Å². The Morgan fingerprint density at radius 2 is 2.11 bits per heavy atom. The summed E-state index contributed by atoms with van der Waals surface area (Å²) in [5, 5.41) is 10.5. The average Bonchev–Trinajstić information content (AvgIpc) is 2.34. The Morgan fingerprint density at radius 3 is 2.58 bits per heavy atom. The first-order valence-corrected chi connectivity index (χ1v) is 6.23. The fraction of sp³-hybridized carbons (Fsp3) is 0.538. The molecule has 0 spiro atoms. The maximum atomic E-state index is 13.8. The summed E-state index contributed by atoms with van der Waals surface area (Å²) >= 11 is 0. The van der Waals surface area contributed by atoms with E-state index in [1.54, 1.807) is 11.9 Å². The van der Waals surface area contributed by atoms with Crippen LogP contribution in [0, 0.1) is 21.8 Å². The Morgan fingerprint density at radius 1 is 1.47 bits per heavy atom. The largest absolute Gasteiger partial charge is 0.372 e. The number of nitrogens with zero attached hydrogens (tertiary/aromatic N) is 2. The summed E-state index contributed by atoms with van der Waals surface area (Å²) in [6.45, 7) is 4.68. The molecule has 5 nitrogen and oxygen atoms in total. The number of non-ortho nitro benzene ring substituents is 1. The van der Waals surface area contributed by atoms with Crippen LogP contribution >= 0.6 is 0 Å². The van der Waals surface area contributed by atoms with Crippen LogP contribution in [0.15, 0.2) is 18.2 Å². The van der Waals surface area contributed by atoms with Crippen LogP contribution in [0.4, 0.5) is 15.8 Å². The Hall–Kier alpha value is -1.69. The molecule has 0 radical (unpaired) electrons. The lowest BCUT2D eigenvalue weighted by Crippen LogP contribution is -2.32. The number of halogens is 1. The minimum Gasteiger partial charge on any atom is -0.372 e. The van der Waals surface area contributed by atoms with E-state index in [1.165, 1.54) is 12.1 Å². The van der Waals surface area contributed by atoms with Crippen LogP contribution in [0.1, 0.15) is 20.3 Å². The summed E-state index contributed by atoms with van der Waals surface area (Å²) in [6, 6.07) is 3.73. The van der Waals surface area contributed by atoms with Crippen molar-refractivity contribution in [3.05, 3.63) is 34.1 Å². The normalized spacial score (nSPS) is 12.5. The van der Waals surface area contributed by atoms with E-state index in [4.69, 9.17) is 5.73 Å². The second-order valence-electron chi connectivity index (χ2n) is 5.01. The minimum absolute atomic E-state index is 0.0589. The van der Waals surface area contributed by atoms with Crippen LogP contribution in [0.5, 0.6) is 0 Å². The minimum atomic E-state index is -0.610. The lowest BCUT2D eigenvalue weighted by Gasteiger charge is -2.23. The van der Waals surface area contributed by atoms with Gasteiger partial charge in [0.25, 0.3) is 5.69 Å². The van der Waals surface area contributed by atoms with Crippen molar-refractivity contribution in [2.45, 2.75) is 26.3 Å². The zero-order valence-electron chi connectivity index (χ0n) is 11.5. The standard InChI is InChI=1S/C13H20FN3O2/c1-9(2)12(15)6-7-16(3)13-5-4-10(17(18)19)8-11(13)14/h4-5,8-9,12H,6-7,15H2,1-3H3. The maximum absolute atomic E-state index is 13.8. The molecule has 1 unspecified atom stereocenters.